The first-order valence-corrected chi connectivity index (χ1v) is 7.18. The van der Waals surface area contributed by atoms with Gasteiger partial charge < -0.3 is 10.1 Å². The van der Waals surface area contributed by atoms with E-state index in [-0.39, 0.29) is 6.61 Å². The molecule has 0 saturated heterocycles. The zero-order chi connectivity index (χ0) is 15.2. The van der Waals surface area contributed by atoms with Gasteiger partial charge in [0.05, 0.1) is 16.1 Å². The van der Waals surface area contributed by atoms with Gasteiger partial charge in [-0.2, -0.15) is 5.26 Å². The molecule has 0 fully saturated rings. The molecule has 21 heavy (non-hydrogen) atoms. The third-order valence-corrected chi connectivity index (χ3v) is 3.59. The Labute approximate surface area is 131 Å². The van der Waals surface area contributed by atoms with Crippen LogP contribution in [0.4, 0.5) is 4.39 Å². The van der Waals surface area contributed by atoms with Crippen molar-refractivity contribution < 1.29 is 9.13 Å². The van der Waals surface area contributed by atoms with E-state index >= 15 is 0 Å². The molecule has 0 saturated carbocycles. The fourth-order valence-corrected chi connectivity index (χ4v) is 2.45. The lowest BCUT2D eigenvalue weighted by Crippen LogP contribution is -2.08. The van der Waals surface area contributed by atoms with E-state index in [1.165, 1.54) is 6.07 Å². The average Bonchev–Trinajstić information content (AvgIpc) is 2.48. The van der Waals surface area contributed by atoms with Crippen molar-refractivity contribution in [1.29, 1.82) is 5.26 Å². The molecule has 0 amide bonds. The predicted octanol–water partition coefficient (Wildman–Crippen LogP) is 3.76. The van der Waals surface area contributed by atoms with Crippen LogP contribution >= 0.6 is 15.9 Å². The minimum absolute atomic E-state index is 0.108. The van der Waals surface area contributed by atoms with Crippen LogP contribution < -0.4 is 10.1 Å². The highest BCUT2D eigenvalue weighted by atomic mass is 79.9. The summed E-state index contributed by atoms with van der Waals surface area (Å²) in [5, 5.41) is 11.8. The lowest BCUT2D eigenvalue weighted by molar-refractivity contribution is 0.294. The largest absolute Gasteiger partial charge is 0.487 e. The molecule has 2 rings (SSSR count). The predicted molar refractivity (Wildman–Crippen MR) is 82.4 cm³/mol. The molecule has 108 valence electrons. The molecule has 0 heterocycles. The highest BCUT2D eigenvalue weighted by molar-refractivity contribution is 9.10. The minimum atomic E-state index is -0.434. The van der Waals surface area contributed by atoms with E-state index in [1.54, 1.807) is 12.1 Å². The number of halogens is 2. The summed E-state index contributed by atoms with van der Waals surface area (Å²) in [7, 11) is 1.85. The molecule has 0 spiro atoms. The Kier molecular flexibility index (Phi) is 5.32. The van der Waals surface area contributed by atoms with Crippen molar-refractivity contribution in [2.24, 2.45) is 0 Å². The molecular formula is C16H14BrFN2O. The van der Waals surface area contributed by atoms with Crippen molar-refractivity contribution in [3.8, 4) is 11.8 Å². The van der Waals surface area contributed by atoms with Crippen molar-refractivity contribution in [3.05, 3.63) is 63.4 Å². The van der Waals surface area contributed by atoms with Crippen molar-refractivity contribution in [1.82, 2.24) is 5.32 Å². The summed E-state index contributed by atoms with van der Waals surface area (Å²) < 4.78 is 20.4. The Balaban J connectivity index is 2.19. The second-order valence-electron chi connectivity index (χ2n) is 4.47. The van der Waals surface area contributed by atoms with Crippen LogP contribution in [0.1, 0.15) is 16.7 Å². The lowest BCUT2D eigenvalue weighted by atomic mass is 10.1. The van der Waals surface area contributed by atoms with Crippen LogP contribution in [0.3, 0.4) is 0 Å². The molecule has 0 aliphatic rings. The quantitative estimate of drug-likeness (QED) is 0.894. The van der Waals surface area contributed by atoms with Crippen molar-refractivity contribution >= 4 is 15.9 Å². The molecule has 0 unspecified atom stereocenters. The number of para-hydroxylation sites is 1. The summed E-state index contributed by atoms with van der Waals surface area (Å²) in [6.07, 6.45) is 0. The Bertz CT molecular complexity index is 682. The summed E-state index contributed by atoms with van der Waals surface area (Å²) in [6, 6.07) is 12.0. The van der Waals surface area contributed by atoms with Crippen LogP contribution in [0.5, 0.6) is 5.75 Å². The van der Waals surface area contributed by atoms with E-state index in [0.717, 1.165) is 10.0 Å². The normalized spacial score (nSPS) is 10.2. The number of rotatable bonds is 5. The van der Waals surface area contributed by atoms with Crippen LogP contribution in [-0.4, -0.2) is 7.05 Å². The number of nitrogens with zero attached hydrogens (tertiary/aromatic N) is 1. The molecule has 0 aliphatic heterocycles. The fraction of sp³-hybridized carbons (Fsp3) is 0.188. The summed E-state index contributed by atoms with van der Waals surface area (Å²) in [5.41, 5.74) is 1.70. The molecule has 0 bridgehead atoms. The number of ether oxygens (including phenoxy) is 1. The van der Waals surface area contributed by atoms with Gasteiger partial charge in [-0.15, -0.1) is 0 Å². The maximum absolute atomic E-state index is 13.8. The van der Waals surface area contributed by atoms with E-state index in [4.69, 9.17) is 10.00 Å². The van der Waals surface area contributed by atoms with Gasteiger partial charge in [0.15, 0.2) is 0 Å². The molecule has 2 aromatic carbocycles. The highest BCUT2D eigenvalue weighted by Gasteiger charge is 2.10. The first-order chi connectivity index (χ1) is 10.2. The van der Waals surface area contributed by atoms with Crippen LogP contribution in [-0.2, 0) is 13.2 Å². The average molecular weight is 349 g/mol. The molecule has 0 atom stereocenters. The second kappa shape index (κ2) is 7.21. The van der Waals surface area contributed by atoms with Gasteiger partial charge in [-0.25, -0.2) is 4.39 Å². The maximum Gasteiger partial charge on any atom is 0.138 e. The van der Waals surface area contributed by atoms with E-state index in [9.17, 15) is 4.39 Å². The van der Waals surface area contributed by atoms with E-state index < -0.39 is 5.82 Å². The molecule has 2 aromatic rings. The Hall–Kier alpha value is -1.90. The molecule has 0 aromatic heterocycles. The summed E-state index contributed by atoms with van der Waals surface area (Å²) in [4.78, 5) is 0. The minimum Gasteiger partial charge on any atom is -0.487 e. The van der Waals surface area contributed by atoms with Gasteiger partial charge in [0.1, 0.15) is 18.2 Å². The SMILES string of the molecule is CNCc1cccc(Br)c1OCc1ccc(C#N)cc1F. The van der Waals surface area contributed by atoms with Gasteiger partial charge in [-0.1, -0.05) is 18.2 Å². The topological polar surface area (TPSA) is 45.0 Å². The molecule has 5 heteroatoms. The number of nitriles is 1. The lowest BCUT2D eigenvalue weighted by Gasteiger charge is -2.13. The third-order valence-electron chi connectivity index (χ3n) is 2.97. The van der Waals surface area contributed by atoms with Gasteiger partial charge >= 0.3 is 0 Å². The van der Waals surface area contributed by atoms with Gasteiger partial charge in [-0.3, -0.25) is 0 Å². The van der Waals surface area contributed by atoms with Crippen LogP contribution in [0, 0.1) is 17.1 Å². The zero-order valence-corrected chi connectivity index (χ0v) is 13.1. The van der Waals surface area contributed by atoms with E-state index in [1.807, 2.05) is 31.3 Å². The van der Waals surface area contributed by atoms with Crippen molar-refractivity contribution in [2.45, 2.75) is 13.2 Å². The summed E-state index contributed by atoms with van der Waals surface area (Å²) in [5.74, 6) is 0.256. The molecule has 3 nitrogen and oxygen atoms in total. The third kappa shape index (κ3) is 3.81. The summed E-state index contributed by atoms with van der Waals surface area (Å²) >= 11 is 3.44. The zero-order valence-electron chi connectivity index (χ0n) is 11.5. The highest BCUT2D eigenvalue weighted by Crippen LogP contribution is 2.30. The standard InChI is InChI=1S/C16H14BrFN2O/c1-20-9-12-3-2-4-14(17)16(12)21-10-13-6-5-11(8-19)7-15(13)18/h2-7,20H,9-10H2,1H3. The van der Waals surface area contributed by atoms with Gasteiger partial charge in [0.25, 0.3) is 0 Å². The Morgan fingerprint density at radius 1 is 1.29 bits per heavy atom. The fourth-order valence-electron chi connectivity index (χ4n) is 1.93. The van der Waals surface area contributed by atoms with E-state index in [2.05, 4.69) is 21.2 Å². The van der Waals surface area contributed by atoms with Crippen molar-refractivity contribution in [2.75, 3.05) is 7.05 Å². The summed E-state index contributed by atoms with van der Waals surface area (Å²) in [6.45, 7) is 0.765. The van der Waals surface area contributed by atoms with Crippen LogP contribution in [0.15, 0.2) is 40.9 Å². The maximum atomic E-state index is 13.8. The first-order valence-electron chi connectivity index (χ1n) is 6.39. The van der Waals surface area contributed by atoms with Crippen molar-refractivity contribution in [3.63, 3.8) is 0 Å². The molecule has 0 radical (unpaired) electrons. The second-order valence-corrected chi connectivity index (χ2v) is 5.32. The molecule has 1 N–H and O–H groups in total. The van der Waals surface area contributed by atoms with Crippen LogP contribution in [0.25, 0.3) is 0 Å². The van der Waals surface area contributed by atoms with Crippen LogP contribution in [0.2, 0.25) is 0 Å². The van der Waals surface area contributed by atoms with Gasteiger partial charge in [0.2, 0.25) is 0 Å². The number of hydrogen-bond acceptors (Lipinski definition) is 3. The molecular weight excluding hydrogens is 335 g/mol. The number of benzene rings is 2. The number of hydrogen-bond donors (Lipinski definition) is 1. The van der Waals surface area contributed by atoms with Gasteiger partial charge in [-0.05, 0) is 41.2 Å². The Morgan fingerprint density at radius 2 is 2.10 bits per heavy atom. The molecule has 0 aliphatic carbocycles. The monoisotopic (exact) mass is 348 g/mol. The van der Waals surface area contributed by atoms with E-state index in [0.29, 0.717) is 23.4 Å². The van der Waals surface area contributed by atoms with Gasteiger partial charge in [0, 0.05) is 17.7 Å². The number of nitrogens with one attached hydrogen (secondary N) is 1. The smallest absolute Gasteiger partial charge is 0.138 e. The first kappa shape index (κ1) is 15.5. The Morgan fingerprint density at radius 3 is 2.76 bits per heavy atom.